The second-order valence-corrected chi connectivity index (χ2v) is 3.27. The minimum Gasteiger partial charge on any atom is -0.428 e. The van der Waals surface area contributed by atoms with E-state index in [9.17, 15) is 4.79 Å². The Morgan fingerprint density at radius 1 is 1.53 bits per heavy atom. The Kier molecular flexibility index (Phi) is 2.57. The second-order valence-electron chi connectivity index (χ2n) is 2.89. The van der Waals surface area contributed by atoms with Crippen LogP contribution in [-0.2, 0) is 6.54 Å². The molecule has 0 aromatic carbocycles. The van der Waals surface area contributed by atoms with E-state index in [4.69, 9.17) is 21.8 Å². The van der Waals surface area contributed by atoms with Gasteiger partial charge < -0.3 is 10.2 Å². The topological polar surface area (TPSA) is 74.1 Å². The lowest BCUT2D eigenvalue weighted by molar-refractivity contribution is 0.536. The lowest BCUT2D eigenvalue weighted by Gasteiger charge is -2.02. The standard InChI is InChI=1S/C9H8ClN3O2/c10-7-1-2-8(15-7)13-4-6(3-11)9(14)12-5-13/h1-2,4-5H,3,11H2. The molecule has 0 spiro atoms. The largest absolute Gasteiger partial charge is 0.428 e. The van der Waals surface area contributed by atoms with Crippen molar-refractivity contribution in [3.8, 4) is 5.88 Å². The first-order valence-electron chi connectivity index (χ1n) is 4.23. The van der Waals surface area contributed by atoms with E-state index >= 15 is 0 Å². The number of hydrogen-bond acceptors (Lipinski definition) is 4. The minimum absolute atomic E-state index is 0.140. The van der Waals surface area contributed by atoms with Crippen molar-refractivity contribution >= 4 is 11.6 Å². The predicted octanol–water partition coefficient (Wildman–Crippen LogP) is 0.938. The highest BCUT2D eigenvalue weighted by Gasteiger charge is 2.04. The number of halogens is 1. The molecule has 0 aliphatic carbocycles. The highest BCUT2D eigenvalue weighted by Crippen LogP contribution is 2.16. The normalized spacial score (nSPS) is 10.5. The molecule has 5 nitrogen and oxygen atoms in total. The van der Waals surface area contributed by atoms with Crippen molar-refractivity contribution in [2.24, 2.45) is 5.73 Å². The van der Waals surface area contributed by atoms with Crippen molar-refractivity contribution in [1.29, 1.82) is 0 Å². The van der Waals surface area contributed by atoms with Gasteiger partial charge in [0, 0.05) is 24.4 Å². The summed E-state index contributed by atoms with van der Waals surface area (Å²) in [6.07, 6.45) is 2.93. The van der Waals surface area contributed by atoms with Gasteiger partial charge in [0.1, 0.15) is 6.33 Å². The number of rotatable bonds is 2. The fourth-order valence-electron chi connectivity index (χ4n) is 1.16. The van der Waals surface area contributed by atoms with Crippen LogP contribution in [-0.4, -0.2) is 9.55 Å². The fourth-order valence-corrected chi connectivity index (χ4v) is 1.30. The molecule has 0 aliphatic heterocycles. The molecule has 6 heteroatoms. The molecule has 15 heavy (non-hydrogen) atoms. The van der Waals surface area contributed by atoms with Gasteiger partial charge in [-0.25, -0.2) is 0 Å². The zero-order valence-corrected chi connectivity index (χ0v) is 8.44. The van der Waals surface area contributed by atoms with Crippen molar-refractivity contribution in [2.75, 3.05) is 0 Å². The van der Waals surface area contributed by atoms with Crippen LogP contribution < -0.4 is 11.3 Å². The summed E-state index contributed by atoms with van der Waals surface area (Å²) in [6.45, 7) is 0.140. The van der Waals surface area contributed by atoms with Gasteiger partial charge in [0.25, 0.3) is 5.56 Å². The van der Waals surface area contributed by atoms with E-state index in [1.165, 1.54) is 6.33 Å². The van der Waals surface area contributed by atoms with Gasteiger partial charge in [0.15, 0.2) is 5.22 Å². The molecule has 2 N–H and O–H groups in total. The molecule has 0 atom stereocenters. The SMILES string of the molecule is NCc1cn(-c2ccc(Cl)o2)cnc1=O. The highest BCUT2D eigenvalue weighted by molar-refractivity contribution is 6.28. The summed E-state index contributed by atoms with van der Waals surface area (Å²) in [7, 11) is 0. The average molecular weight is 226 g/mol. The van der Waals surface area contributed by atoms with Crippen LogP contribution in [0.2, 0.25) is 5.22 Å². The number of nitrogens with two attached hydrogens (primary N) is 1. The molecule has 2 aromatic rings. The highest BCUT2D eigenvalue weighted by atomic mass is 35.5. The van der Waals surface area contributed by atoms with Crippen LogP contribution in [0.15, 0.2) is 33.9 Å². The van der Waals surface area contributed by atoms with Crippen LogP contribution in [0.25, 0.3) is 5.88 Å². The van der Waals surface area contributed by atoms with Crippen molar-refractivity contribution in [1.82, 2.24) is 9.55 Å². The van der Waals surface area contributed by atoms with Gasteiger partial charge in [-0.05, 0) is 17.7 Å². The molecule has 78 valence electrons. The van der Waals surface area contributed by atoms with E-state index in [1.54, 1.807) is 22.9 Å². The minimum atomic E-state index is -0.327. The van der Waals surface area contributed by atoms with Crippen molar-refractivity contribution < 1.29 is 4.42 Å². The molecule has 0 aliphatic rings. The summed E-state index contributed by atoms with van der Waals surface area (Å²) in [5.74, 6) is 0.488. The molecule has 0 fully saturated rings. The molecule has 0 bridgehead atoms. The van der Waals surface area contributed by atoms with Gasteiger partial charge in [-0.1, -0.05) is 0 Å². The lowest BCUT2D eigenvalue weighted by Crippen LogP contribution is -2.18. The Balaban J connectivity index is 2.50. The maximum atomic E-state index is 11.2. The van der Waals surface area contributed by atoms with Crippen molar-refractivity contribution in [2.45, 2.75) is 6.54 Å². The Morgan fingerprint density at radius 2 is 2.33 bits per heavy atom. The van der Waals surface area contributed by atoms with Gasteiger partial charge in [-0.3, -0.25) is 9.36 Å². The first-order chi connectivity index (χ1) is 7.20. The zero-order chi connectivity index (χ0) is 10.8. The third kappa shape index (κ3) is 1.93. The van der Waals surface area contributed by atoms with E-state index in [0.717, 1.165) is 0 Å². The van der Waals surface area contributed by atoms with Gasteiger partial charge in [-0.15, -0.1) is 0 Å². The quantitative estimate of drug-likeness (QED) is 0.826. The number of hydrogen-bond donors (Lipinski definition) is 1. The molecule has 2 rings (SSSR count). The van der Waals surface area contributed by atoms with E-state index in [0.29, 0.717) is 11.4 Å². The molecule has 0 saturated carbocycles. The Hall–Kier alpha value is -1.59. The summed E-state index contributed by atoms with van der Waals surface area (Å²) in [6, 6.07) is 3.28. The van der Waals surface area contributed by atoms with Crippen LogP contribution >= 0.6 is 11.6 Å². The third-order valence-electron chi connectivity index (χ3n) is 1.90. The molecular weight excluding hydrogens is 218 g/mol. The maximum Gasteiger partial charge on any atom is 0.277 e. The summed E-state index contributed by atoms with van der Waals surface area (Å²) in [4.78, 5) is 14.8. The molecule has 2 aromatic heterocycles. The van der Waals surface area contributed by atoms with Crippen LogP contribution in [0.1, 0.15) is 5.56 Å². The molecule has 0 saturated heterocycles. The van der Waals surface area contributed by atoms with E-state index in [2.05, 4.69) is 4.98 Å². The first-order valence-corrected chi connectivity index (χ1v) is 4.61. The van der Waals surface area contributed by atoms with Crippen LogP contribution in [0.4, 0.5) is 0 Å². The molecule has 2 heterocycles. The van der Waals surface area contributed by atoms with Gasteiger partial charge in [-0.2, -0.15) is 4.98 Å². The second kappa shape index (κ2) is 3.88. The van der Waals surface area contributed by atoms with Crippen molar-refractivity contribution in [3.05, 3.63) is 45.8 Å². The number of furan rings is 1. The maximum absolute atomic E-state index is 11.2. The van der Waals surface area contributed by atoms with Gasteiger partial charge >= 0.3 is 0 Å². The molecule has 0 amide bonds. The summed E-state index contributed by atoms with van der Waals surface area (Å²) in [5.41, 5.74) is 5.49. The lowest BCUT2D eigenvalue weighted by atomic mass is 10.3. The summed E-state index contributed by atoms with van der Waals surface area (Å²) >= 11 is 5.63. The fraction of sp³-hybridized carbons (Fsp3) is 0.111. The summed E-state index contributed by atoms with van der Waals surface area (Å²) in [5, 5.41) is 0.276. The van der Waals surface area contributed by atoms with Crippen LogP contribution in [0.3, 0.4) is 0 Å². The Morgan fingerprint density at radius 3 is 2.93 bits per heavy atom. The molecular formula is C9H8ClN3O2. The predicted molar refractivity (Wildman–Crippen MR) is 55.0 cm³/mol. The summed E-state index contributed by atoms with van der Waals surface area (Å²) < 4.78 is 6.71. The third-order valence-corrected chi connectivity index (χ3v) is 2.11. The smallest absolute Gasteiger partial charge is 0.277 e. The average Bonchev–Trinajstić information content (AvgIpc) is 2.66. The van der Waals surface area contributed by atoms with Gasteiger partial charge in [0.05, 0.1) is 0 Å². The zero-order valence-electron chi connectivity index (χ0n) is 7.68. The Labute approximate surface area is 90.1 Å². The van der Waals surface area contributed by atoms with E-state index in [1.807, 2.05) is 0 Å². The number of aromatic nitrogens is 2. The van der Waals surface area contributed by atoms with Crippen LogP contribution in [0, 0.1) is 0 Å². The molecule has 0 radical (unpaired) electrons. The van der Waals surface area contributed by atoms with Gasteiger partial charge in [0.2, 0.25) is 5.88 Å². The van der Waals surface area contributed by atoms with Crippen LogP contribution in [0.5, 0.6) is 0 Å². The van der Waals surface area contributed by atoms with Crippen molar-refractivity contribution in [3.63, 3.8) is 0 Å². The molecule has 0 unspecified atom stereocenters. The number of nitrogens with zero attached hydrogens (tertiary/aromatic N) is 2. The Bertz CT molecular complexity index is 532. The monoisotopic (exact) mass is 225 g/mol. The van der Waals surface area contributed by atoms with E-state index < -0.39 is 0 Å². The van der Waals surface area contributed by atoms with E-state index in [-0.39, 0.29) is 17.3 Å². The first kappa shape index (κ1) is 9.95.